The van der Waals surface area contributed by atoms with E-state index in [0.29, 0.717) is 19.0 Å². The molecule has 1 saturated heterocycles. The van der Waals surface area contributed by atoms with Crippen molar-refractivity contribution in [2.24, 2.45) is 11.8 Å². The number of aryl methyl sites for hydroxylation is 1. The van der Waals surface area contributed by atoms with Crippen LogP contribution in [-0.2, 0) is 20.7 Å². The quantitative estimate of drug-likeness (QED) is 0.626. The first-order chi connectivity index (χ1) is 14.7. The van der Waals surface area contributed by atoms with Crippen LogP contribution in [0.25, 0.3) is 0 Å². The average molecular weight is 431 g/mol. The number of aromatic nitrogens is 3. The van der Waals surface area contributed by atoms with Crippen molar-refractivity contribution in [3.63, 3.8) is 0 Å². The smallest absolute Gasteiger partial charge is 0.312 e. The minimum atomic E-state index is -0.555. The molecule has 3 fully saturated rings. The fourth-order valence-corrected chi connectivity index (χ4v) is 5.34. The number of hydrogen-bond acceptors (Lipinski definition) is 5. The fraction of sp³-hybridized carbons (Fsp3) is 0.833. The van der Waals surface area contributed by atoms with Crippen molar-refractivity contribution in [2.45, 2.75) is 110 Å². The summed E-state index contributed by atoms with van der Waals surface area (Å²) in [7, 11) is 0. The van der Waals surface area contributed by atoms with Crippen LogP contribution >= 0.6 is 0 Å². The SMILES string of the molecule is CC(=O)N1CC[C@H](C(=O)OC(C)(C)C)[C@H]1c1nnc(CCC2CCCCC2)n1C1CC1. The fourth-order valence-electron chi connectivity index (χ4n) is 5.34. The third-order valence-corrected chi connectivity index (χ3v) is 6.98. The molecular formula is C24H38N4O3. The van der Waals surface area contributed by atoms with Crippen LogP contribution in [0.3, 0.4) is 0 Å². The van der Waals surface area contributed by atoms with E-state index in [9.17, 15) is 9.59 Å². The van der Waals surface area contributed by atoms with Crippen molar-refractivity contribution in [1.82, 2.24) is 19.7 Å². The second-order valence-electron chi connectivity index (χ2n) is 10.7. The van der Waals surface area contributed by atoms with Gasteiger partial charge in [-0.05, 0) is 52.4 Å². The molecule has 172 valence electrons. The second-order valence-corrected chi connectivity index (χ2v) is 10.7. The molecule has 0 spiro atoms. The highest BCUT2D eigenvalue weighted by atomic mass is 16.6. The summed E-state index contributed by atoms with van der Waals surface area (Å²) in [5.74, 6) is 1.94. The van der Waals surface area contributed by atoms with Crippen molar-refractivity contribution in [3.05, 3.63) is 11.6 Å². The monoisotopic (exact) mass is 430 g/mol. The number of likely N-dealkylation sites (tertiary alicyclic amines) is 1. The summed E-state index contributed by atoms with van der Waals surface area (Å²) in [5.41, 5.74) is -0.555. The molecule has 1 aromatic rings. The molecule has 2 heterocycles. The first kappa shape index (κ1) is 22.3. The summed E-state index contributed by atoms with van der Waals surface area (Å²) in [5, 5.41) is 9.19. The molecule has 0 N–H and O–H groups in total. The highest BCUT2D eigenvalue weighted by Crippen LogP contribution is 2.44. The Morgan fingerprint density at radius 3 is 2.35 bits per heavy atom. The first-order valence-electron chi connectivity index (χ1n) is 12.2. The van der Waals surface area contributed by atoms with Crippen molar-refractivity contribution >= 4 is 11.9 Å². The maximum absolute atomic E-state index is 13.0. The lowest BCUT2D eigenvalue weighted by Crippen LogP contribution is -2.36. The molecule has 0 bridgehead atoms. The summed E-state index contributed by atoms with van der Waals surface area (Å²) < 4.78 is 7.99. The number of hydrogen-bond donors (Lipinski definition) is 0. The minimum Gasteiger partial charge on any atom is -0.460 e. The van der Waals surface area contributed by atoms with Gasteiger partial charge in [0, 0.05) is 25.9 Å². The Hall–Kier alpha value is -1.92. The molecule has 2 saturated carbocycles. The van der Waals surface area contributed by atoms with Crippen molar-refractivity contribution in [2.75, 3.05) is 6.54 Å². The lowest BCUT2D eigenvalue weighted by Gasteiger charge is -2.28. The number of nitrogens with zero attached hydrogens (tertiary/aromatic N) is 4. The van der Waals surface area contributed by atoms with Crippen LogP contribution in [-0.4, -0.2) is 43.7 Å². The van der Waals surface area contributed by atoms with E-state index in [0.717, 1.165) is 43.3 Å². The van der Waals surface area contributed by atoms with E-state index in [1.54, 1.807) is 11.8 Å². The van der Waals surface area contributed by atoms with Crippen LogP contribution in [0.5, 0.6) is 0 Å². The van der Waals surface area contributed by atoms with Gasteiger partial charge < -0.3 is 14.2 Å². The Labute approximate surface area is 185 Å². The zero-order chi connectivity index (χ0) is 22.2. The highest BCUT2D eigenvalue weighted by molar-refractivity contribution is 5.79. The number of rotatable bonds is 6. The zero-order valence-corrected chi connectivity index (χ0v) is 19.6. The van der Waals surface area contributed by atoms with E-state index in [1.807, 2.05) is 20.8 Å². The first-order valence-corrected chi connectivity index (χ1v) is 12.2. The minimum absolute atomic E-state index is 0.0230. The topological polar surface area (TPSA) is 77.3 Å². The van der Waals surface area contributed by atoms with Crippen LogP contribution in [0.4, 0.5) is 0 Å². The highest BCUT2D eigenvalue weighted by Gasteiger charge is 2.47. The number of carbonyl (C=O) groups excluding carboxylic acids is 2. The van der Waals surface area contributed by atoms with E-state index in [-0.39, 0.29) is 17.9 Å². The maximum Gasteiger partial charge on any atom is 0.312 e. The van der Waals surface area contributed by atoms with Gasteiger partial charge in [0.2, 0.25) is 5.91 Å². The van der Waals surface area contributed by atoms with E-state index in [2.05, 4.69) is 14.8 Å². The lowest BCUT2D eigenvalue weighted by atomic mass is 9.86. The normalized spacial score (nSPS) is 25.1. The standard InChI is InChI=1S/C24H38N4O3/c1-16(29)27-15-14-19(23(30)31-24(2,3)4)21(27)22-26-25-20(28(22)18-11-12-18)13-10-17-8-6-5-7-9-17/h17-19,21H,5-15H2,1-4H3/t19-,21-/m0/s1. The summed E-state index contributed by atoms with van der Waals surface area (Å²) in [4.78, 5) is 27.3. The zero-order valence-electron chi connectivity index (χ0n) is 19.6. The molecule has 1 aromatic heterocycles. The van der Waals surface area contributed by atoms with Crippen molar-refractivity contribution in [1.29, 1.82) is 0 Å². The van der Waals surface area contributed by atoms with E-state index >= 15 is 0 Å². The Morgan fingerprint density at radius 1 is 1.03 bits per heavy atom. The maximum atomic E-state index is 13.0. The summed E-state index contributed by atoms with van der Waals surface area (Å²) in [6.45, 7) is 7.78. The second kappa shape index (κ2) is 8.91. The van der Waals surface area contributed by atoms with Crippen LogP contribution in [0, 0.1) is 11.8 Å². The molecule has 0 aromatic carbocycles. The molecule has 0 radical (unpaired) electrons. The Balaban J connectivity index is 1.59. The van der Waals surface area contributed by atoms with Gasteiger partial charge in [-0.2, -0.15) is 0 Å². The Kier molecular flexibility index (Phi) is 6.40. The van der Waals surface area contributed by atoms with Gasteiger partial charge in [0.1, 0.15) is 17.5 Å². The molecule has 3 aliphatic rings. The number of carbonyl (C=O) groups is 2. The molecule has 1 aliphatic heterocycles. The van der Waals surface area contributed by atoms with Gasteiger partial charge in [0.05, 0.1) is 5.92 Å². The predicted molar refractivity (Wildman–Crippen MR) is 117 cm³/mol. The van der Waals surface area contributed by atoms with Gasteiger partial charge in [-0.1, -0.05) is 32.1 Å². The summed E-state index contributed by atoms with van der Waals surface area (Å²) in [6.07, 6.45) is 11.6. The van der Waals surface area contributed by atoms with Crippen LogP contribution in [0.15, 0.2) is 0 Å². The van der Waals surface area contributed by atoms with Crippen molar-refractivity contribution in [3.8, 4) is 0 Å². The molecule has 7 heteroatoms. The number of amides is 1. The van der Waals surface area contributed by atoms with E-state index < -0.39 is 11.5 Å². The molecular weight excluding hydrogens is 392 g/mol. The molecule has 31 heavy (non-hydrogen) atoms. The molecule has 2 aliphatic carbocycles. The van der Waals surface area contributed by atoms with E-state index in [4.69, 9.17) is 4.74 Å². The molecule has 0 unspecified atom stereocenters. The van der Waals surface area contributed by atoms with Crippen LogP contribution in [0.2, 0.25) is 0 Å². The number of esters is 1. The van der Waals surface area contributed by atoms with Gasteiger partial charge in [-0.3, -0.25) is 9.59 Å². The molecule has 4 rings (SSSR count). The summed E-state index contributed by atoms with van der Waals surface area (Å²) >= 11 is 0. The van der Waals surface area contributed by atoms with Gasteiger partial charge in [0.15, 0.2) is 5.82 Å². The lowest BCUT2D eigenvalue weighted by molar-refractivity contribution is -0.161. The van der Waals surface area contributed by atoms with Gasteiger partial charge in [-0.15, -0.1) is 10.2 Å². The predicted octanol–water partition coefficient (Wildman–Crippen LogP) is 4.38. The van der Waals surface area contributed by atoms with Crippen molar-refractivity contribution < 1.29 is 14.3 Å². The molecule has 1 amide bonds. The Morgan fingerprint density at radius 2 is 1.74 bits per heavy atom. The molecule has 7 nitrogen and oxygen atoms in total. The third-order valence-electron chi connectivity index (χ3n) is 6.98. The number of ether oxygens (including phenoxy) is 1. The van der Waals surface area contributed by atoms with Gasteiger partial charge in [0.25, 0.3) is 0 Å². The largest absolute Gasteiger partial charge is 0.460 e. The average Bonchev–Trinajstić information content (AvgIpc) is 3.29. The Bertz CT molecular complexity index is 802. The third kappa shape index (κ3) is 5.12. The molecule has 2 atom stereocenters. The summed E-state index contributed by atoms with van der Waals surface area (Å²) in [6, 6.07) is 0.0175. The van der Waals surface area contributed by atoms with Crippen LogP contribution in [0.1, 0.15) is 109 Å². The van der Waals surface area contributed by atoms with Gasteiger partial charge >= 0.3 is 5.97 Å². The van der Waals surface area contributed by atoms with Crippen LogP contribution < -0.4 is 0 Å². The van der Waals surface area contributed by atoms with Gasteiger partial charge in [-0.25, -0.2) is 0 Å². The van der Waals surface area contributed by atoms with E-state index in [1.165, 1.54) is 32.1 Å².